The summed E-state index contributed by atoms with van der Waals surface area (Å²) in [5, 5.41) is 8.48. The highest BCUT2D eigenvalue weighted by atomic mass is 79.9. The molecule has 148 valence electrons. The molecule has 2 aliphatic rings. The highest BCUT2D eigenvalue weighted by Gasteiger charge is 2.30. The van der Waals surface area contributed by atoms with Crippen molar-refractivity contribution in [1.29, 1.82) is 5.41 Å². The number of nitrogens with one attached hydrogen (secondary N) is 1. The van der Waals surface area contributed by atoms with E-state index in [1.807, 2.05) is 0 Å². The van der Waals surface area contributed by atoms with E-state index in [0.717, 1.165) is 25.6 Å². The zero-order valence-electron chi connectivity index (χ0n) is 16.6. The summed E-state index contributed by atoms with van der Waals surface area (Å²) >= 11 is 0. The molecule has 0 radical (unpaired) electrons. The summed E-state index contributed by atoms with van der Waals surface area (Å²) in [6, 6.07) is 0.670. The maximum absolute atomic E-state index is 8.48. The molecule has 2 fully saturated rings. The minimum absolute atomic E-state index is 0. The lowest BCUT2D eigenvalue weighted by Gasteiger charge is -2.32. The zero-order chi connectivity index (χ0) is 17.0. The van der Waals surface area contributed by atoms with Crippen LogP contribution in [0.1, 0.15) is 103 Å². The van der Waals surface area contributed by atoms with E-state index >= 15 is 0 Å². The summed E-state index contributed by atoms with van der Waals surface area (Å²) in [6.45, 7) is 5.58. The fourth-order valence-corrected chi connectivity index (χ4v) is 4.38. The van der Waals surface area contributed by atoms with E-state index in [9.17, 15) is 0 Å². The summed E-state index contributed by atoms with van der Waals surface area (Å²) in [5.74, 6) is 0.831. The molecule has 0 atom stereocenters. The number of unbranched alkanes of at least 4 members (excludes halogenated alkanes) is 9. The van der Waals surface area contributed by atoms with Crippen molar-refractivity contribution >= 4 is 22.9 Å². The van der Waals surface area contributed by atoms with Crippen molar-refractivity contribution in [1.82, 2.24) is 9.80 Å². The van der Waals surface area contributed by atoms with Crippen molar-refractivity contribution in [2.45, 2.75) is 109 Å². The van der Waals surface area contributed by atoms with Crippen LogP contribution in [0.25, 0.3) is 0 Å². The Hall–Kier alpha value is -0.250. The van der Waals surface area contributed by atoms with Gasteiger partial charge in [0.1, 0.15) is 0 Å². The van der Waals surface area contributed by atoms with Crippen molar-refractivity contribution in [2.75, 3.05) is 19.6 Å². The molecule has 1 aliphatic heterocycles. The van der Waals surface area contributed by atoms with Gasteiger partial charge in [-0.3, -0.25) is 5.41 Å². The van der Waals surface area contributed by atoms with Gasteiger partial charge in [-0.1, -0.05) is 84.0 Å². The molecule has 0 aromatic carbocycles. The standard InChI is InChI=1S/C21H41N3.BrH/c1-2-3-4-5-6-7-8-9-10-14-17-23-18-19-24(21(23)22)20-15-12-11-13-16-20;/h20,22H,2-19H2,1H3;1H. The Kier molecular flexibility index (Phi) is 12.7. The van der Waals surface area contributed by atoms with Gasteiger partial charge < -0.3 is 9.80 Å². The molecule has 1 saturated carbocycles. The first-order valence-electron chi connectivity index (χ1n) is 10.9. The molecule has 1 heterocycles. The minimum Gasteiger partial charge on any atom is -0.341 e. The van der Waals surface area contributed by atoms with Crippen LogP contribution in [-0.2, 0) is 0 Å². The van der Waals surface area contributed by atoms with E-state index in [0.29, 0.717) is 6.04 Å². The third-order valence-electron chi connectivity index (χ3n) is 5.98. The highest BCUT2D eigenvalue weighted by Crippen LogP contribution is 2.25. The van der Waals surface area contributed by atoms with E-state index in [-0.39, 0.29) is 17.0 Å². The number of hydrogen-bond donors (Lipinski definition) is 1. The second-order valence-corrected chi connectivity index (χ2v) is 7.98. The summed E-state index contributed by atoms with van der Waals surface area (Å²) in [6.07, 6.45) is 20.7. The predicted octanol–water partition coefficient (Wildman–Crippen LogP) is 6.37. The normalized spacial score (nSPS) is 18.7. The monoisotopic (exact) mass is 415 g/mol. The molecular formula is C21H42BrN3. The summed E-state index contributed by atoms with van der Waals surface area (Å²) in [5.41, 5.74) is 0. The maximum Gasteiger partial charge on any atom is 0.194 e. The largest absolute Gasteiger partial charge is 0.341 e. The van der Waals surface area contributed by atoms with Crippen LogP contribution in [0.2, 0.25) is 0 Å². The van der Waals surface area contributed by atoms with Gasteiger partial charge in [0.25, 0.3) is 0 Å². The molecule has 1 N–H and O–H groups in total. The number of nitrogens with zero attached hydrogens (tertiary/aromatic N) is 2. The maximum atomic E-state index is 8.48. The van der Waals surface area contributed by atoms with Gasteiger partial charge in [0, 0.05) is 25.7 Å². The van der Waals surface area contributed by atoms with Crippen molar-refractivity contribution < 1.29 is 0 Å². The Bertz CT molecular complexity index is 342. The predicted molar refractivity (Wildman–Crippen MR) is 115 cm³/mol. The fourth-order valence-electron chi connectivity index (χ4n) is 4.38. The van der Waals surface area contributed by atoms with Crippen LogP contribution in [0.4, 0.5) is 0 Å². The van der Waals surface area contributed by atoms with Crippen LogP contribution >= 0.6 is 17.0 Å². The van der Waals surface area contributed by atoms with Crippen molar-refractivity contribution in [2.24, 2.45) is 0 Å². The Labute approximate surface area is 167 Å². The van der Waals surface area contributed by atoms with Crippen LogP contribution in [0.3, 0.4) is 0 Å². The van der Waals surface area contributed by atoms with Crippen LogP contribution < -0.4 is 0 Å². The second kappa shape index (κ2) is 13.9. The molecule has 1 aliphatic carbocycles. The number of guanidine groups is 1. The lowest BCUT2D eigenvalue weighted by molar-refractivity contribution is 0.259. The molecule has 0 unspecified atom stereocenters. The van der Waals surface area contributed by atoms with Crippen molar-refractivity contribution in [3.05, 3.63) is 0 Å². The Morgan fingerprint density at radius 1 is 0.800 bits per heavy atom. The first kappa shape index (κ1) is 22.8. The molecule has 4 heteroatoms. The Balaban J connectivity index is 0.00000312. The highest BCUT2D eigenvalue weighted by molar-refractivity contribution is 8.93. The molecular weight excluding hydrogens is 374 g/mol. The number of hydrogen-bond acceptors (Lipinski definition) is 1. The van der Waals surface area contributed by atoms with Gasteiger partial charge in [-0.25, -0.2) is 0 Å². The Morgan fingerprint density at radius 3 is 1.96 bits per heavy atom. The number of halogens is 1. The van der Waals surface area contributed by atoms with Crippen LogP contribution in [0.5, 0.6) is 0 Å². The van der Waals surface area contributed by atoms with E-state index in [4.69, 9.17) is 5.41 Å². The average Bonchev–Trinajstić information content (AvgIpc) is 2.98. The zero-order valence-corrected chi connectivity index (χ0v) is 18.3. The van der Waals surface area contributed by atoms with Gasteiger partial charge >= 0.3 is 0 Å². The van der Waals surface area contributed by atoms with E-state index in [2.05, 4.69) is 16.7 Å². The van der Waals surface area contributed by atoms with E-state index < -0.39 is 0 Å². The molecule has 25 heavy (non-hydrogen) atoms. The topological polar surface area (TPSA) is 30.3 Å². The quantitative estimate of drug-likeness (QED) is 0.375. The molecule has 0 spiro atoms. The smallest absolute Gasteiger partial charge is 0.194 e. The second-order valence-electron chi connectivity index (χ2n) is 7.98. The fraction of sp³-hybridized carbons (Fsp3) is 0.952. The minimum atomic E-state index is 0. The van der Waals surface area contributed by atoms with Gasteiger partial charge in [0.2, 0.25) is 0 Å². The summed E-state index contributed by atoms with van der Waals surface area (Å²) < 4.78 is 0. The van der Waals surface area contributed by atoms with Crippen LogP contribution in [0.15, 0.2) is 0 Å². The summed E-state index contributed by atoms with van der Waals surface area (Å²) in [7, 11) is 0. The summed E-state index contributed by atoms with van der Waals surface area (Å²) in [4.78, 5) is 4.73. The third kappa shape index (κ3) is 8.32. The molecule has 0 aromatic rings. The first-order chi connectivity index (χ1) is 11.8. The van der Waals surface area contributed by atoms with Gasteiger partial charge in [-0.15, -0.1) is 17.0 Å². The molecule has 0 bridgehead atoms. The molecule has 1 saturated heterocycles. The molecule has 2 rings (SSSR count). The first-order valence-corrected chi connectivity index (χ1v) is 10.9. The van der Waals surface area contributed by atoms with Crippen LogP contribution in [0, 0.1) is 5.41 Å². The number of rotatable bonds is 12. The van der Waals surface area contributed by atoms with Gasteiger partial charge in [-0.2, -0.15) is 0 Å². The van der Waals surface area contributed by atoms with Crippen molar-refractivity contribution in [3.8, 4) is 0 Å². The third-order valence-corrected chi connectivity index (χ3v) is 5.98. The SMILES string of the molecule is Br.CCCCCCCCCCCCN1CCN(C2CCCCC2)C1=N. The molecule has 0 amide bonds. The Morgan fingerprint density at radius 2 is 1.36 bits per heavy atom. The molecule has 3 nitrogen and oxygen atoms in total. The van der Waals surface area contributed by atoms with Gasteiger partial charge in [0.15, 0.2) is 5.96 Å². The van der Waals surface area contributed by atoms with Crippen LogP contribution in [-0.4, -0.2) is 41.4 Å². The lowest BCUT2D eigenvalue weighted by atomic mass is 9.94. The molecule has 0 aromatic heterocycles. The van der Waals surface area contributed by atoms with E-state index in [1.165, 1.54) is 96.3 Å². The van der Waals surface area contributed by atoms with Gasteiger partial charge in [0.05, 0.1) is 0 Å². The van der Waals surface area contributed by atoms with E-state index in [1.54, 1.807) is 0 Å². The lowest BCUT2D eigenvalue weighted by Crippen LogP contribution is -2.41. The van der Waals surface area contributed by atoms with Crippen molar-refractivity contribution in [3.63, 3.8) is 0 Å². The average molecular weight is 416 g/mol. The van der Waals surface area contributed by atoms with Gasteiger partial charge in [-0.05, 0) is 19.3 Å².